The molecule has 0 fully saturated rings. The van der Waals surface area contributed by atoms with E-state index in [1.54, 1.807) is 0 Å². The zero-order chi connectivity index (χ0) is 12.9. The fourth-order valence-corrected chi connectivity index (χ4v) is 2.71. The van der Waals surface area contributed by atoms with Gasteiger partial charge in [0.25, 0.3) is 0 Å². The zero-order valence-electron chi connectivity index (χ0n) is 11.4. The molecule has 1 rings (SSSR count). The second-order valence-corrected chi connectivity index (χ2v) is 5.63. The minimum absolute atomic E-state index is 0.00288. The number of aliphatic hydroxyl groups is 2. The molecule has 0 aliphatic heterocycles. The first kappa shape index (κ1) is 14.7. The summed E-state index contributed by atoms with van der Waals surface area (Å²) in [7, 11) is 0. The van der Waals surface area contributed by atoms with Crippen LogP contribution in [0.4, 0.5) is 0 Å². The average molecular weight is 241 g/mol. The van der Waals surface area contributed by atoms with Crippen molar-refractivity contribution in [3.63, 3.8) is 0 Å². The molecule has 0 spiro atoms. The van der Waals surface area contributed by atoms with Crippen LogP contribution in [0.5, 0.6) is 0 Å². The summed E-state index contributed by atoms with van der Waals surface area (Å²) < 4.78 is 0. The summed E-state index contributed by atoms with van der Waals surface area (Å²) in [4.78, 5) is 0. The maximum atomic E-state index is 9.38. The first-order valence-corrected chi connectivity index (χ1v) is 6.69. The van der Waals surface area contributed by atoms with Crippen LogP contribution in [0, 0.1) is 11.8 Å². The van der Waals surface area contributed by atoms with E-state index in [-0.39, 0.29) is 13.2 Å². The smallest absolute Gasteiger partial charge is 0.0645 e. The third-order valence-corrected chi connectivity index (χ3v) is 3.93. The molecule has 2 atom stereocenters. The van der Waals surface area contributed by atoms with Crippen molar-refractivity contribution in [1.82, 2.24) is 5.32 Å². The summed E-state index contributed by atoms with van der Waals surface area (Å²) in [6.07, 6.45) is 5.42. The molecule has 3 heteroatoms. The normalized spacial score (nSPS) is 25.8. The van der Waals surface area contributed by atoms with Crippen molar-refractivity contribution >= 4 is 0 Å². The van der Waals surface area contributed by atoms with Crippen molar-refractivity contribution in [2.45, 2.75) is 45.6 Å². The van der Waals surface area contributed by atoms with Crippen LogP contribution >= 0.6 is 0 Å². The molecule has 3 nitrogen and oxygen atoms in total. The number of hydrogen-bond acceptors (Lipinski definition) is 3. The standard InChI is InChI=1S/C14H27NO2/c1-4-14(9-16,10-17)15-8-13-6-11(2)5-12(3)7-13/h5,11,13,15-17H,4,6-10H2,1-3H3. The molecule has 0 aromatic rings. The Morgan fingerprint density at radius 3 is 2.53 bits per heavy atom. The Hall–Kier alpha value is -0.380. The molecular formula is C14H27NO2. The molecule has 17 heavy (non-hydrogen) atoms. The number of aliphatic hydroxyl groups excluding tert-OH is 2. The van der Waals surface area contributed by atoms with Crippen LogP contribution in [0.25, 0.3) is 0 Å². The fourth-order valence-electron chi connectivity index (χ4n) is 2.71. The molecule has 0 radical (unpaired) electrons. The fraction of sp³-hybridized carbons (Fsp3) is 0.857. The first-order chi connectivity index (χ1) is 8.05. The van der Waals surface area contributed by atoms with E-state index in [0.717, 1.165) is 19.4 Å². The summed E-state index contributed by atoms with van der Waals surface area (Å²) in [5, 5.41) is 22.1. The van der Waals surface area contributed by atoms with E-state index in [4.69, 9.17) is 0 Å². The molecule has 0 heterocycles. The van der Waals surface area contributed by atoms with Gasteiger partial charge in [-0.2, -0.15) is 0 Å². The van der Waals surface area contributed by atoms with Crippen LogP contribution in [-0.2, 0) is 0 Å². The Morgan fingerprint density at radius 1 is 1.41 bits per heavy atom. The lowest BCUT2D eigenvalue weighted by molar-refractivity contribution is 0.0829. The minimum atomic E-state index is -0.502. The van der Waals surface area contributed by atoms with Crippen LogP contribution in [0.2, 0.25) is 0 Å². The van der Waals surface area contributed by atoms with Gasteiger partial charge in [0.2, 0.25) is 0 Å². The van der Waals surface area contributed by atoms with E-state index in [1.807, 2.05) is 6.92 Å². The van der Waals surface area contributed by atoms with Gasteiger partial charge < -0.3 is 15.5 Å². The summed E-state index contributed by atoms with van der Waals surface area (Å²) in [5.74, 6) is 1.27. The molecule has 0 bridgehead atoms. The Kier molecular flexibility index (Phi) is 5.63. The van der Waals surface area contributed by atoms with Gasteiger partial charge in [0.05, 0.1) is 18.8 Å². The predicted molar refractivity (Wildman–Crippen MR) is 70.8 cm³/mol. The maximum absolute atomic E-state index is 9.38. The van der Waals surface area contributed by atoms with Crippen molar-refractivity contribution in [1.29, 1.82) is 0 Å². The van der Waals surface area contributed by atoms with Crippen LogP contribution in [-0.4, -0.2) is 35.5 Å². The molecule has 100 valence electrons. The highest BCUT2D eigenvalue weighted by Crippen LogP contribution is 2.27. The Labute approximate surface area is 105 Å². The van der Waals surface area contributed by atoms with Crippen LogP contribution < -0.4 is 5.32 Å². The van der Waals surface area contributed by atoms with E-state index >= 15 is 0 Å². The number of rotatable bonds is 6. The lowest BCUT2D eigenvalue weighted by Gasteiger charge is -2.33. The number of hydrogen-bond donors (Lipinski definition) is 3. The largest absolute Gasteiger partial charge is 0.394 e. The first-order valence-electron chi connectivity index (χ1n) is 6.69. The predicted octanol–water partition coefficient (Wildman–Crippen LogP) is 1.70. The van der Waals surface area contributed by atoms with Crippen molar-refractivity contribution < 1.29 is 10.2 Å². The van der Waals surface area contributed by atoms with Crippen molar-refractivity contribution in [2.24, 2.45) is 11.8 Å². The van der Waals surface area contributed by atoms with Crippen molar-refractivity contribution in [2.75, 3.05) is 19.8 Å². The highest BCUT2D eigenvalue weighted by Gasteiger charge is 2.27. The molecule has 0 amide bonds. The highest BCUT2D eigenvalue weighted by molar-refractivity contribution is 5.06. The summed E-state index contributed by atoms with van der Waals surface area (Å²) in [6.45, 7) is 7.31. The molecule has 0 saturated carbocycles. The van der Waals surface area contributed by atoms with Gasteiger partial charge in [-0.25, -0.2) is 0 Å². The Bertz CT molecular complexity index is 251. The molecule has 0 aromatic heterocycles. The topological polar surface area (TPSA) is 52.5 Å². The van der Waals surface area contributed by atoms with Gasteiger partial charge in [0.15, 0.2) is 0 Å². The number of nitrogens with one attached hydrogen (secondary N) is 1. The average Bonchev–Trinajstić information content (AvgIpc) is 2.30. The molecule has 0 saturated heterocycles. The second-order valence-electron chi connectivity index (χ2n) is 5.63. The van der Waals surface area contributed by atoms with Gasteiger partial charge >= 0.3 is 0 Å². The van der Waals surface area contributed by atoms with E-state index in [2.05, 4.69) is 25.2 Å². The molecule has 2 unspecified atom stereocenters. The van der Waals surface area contributed by atoms with Gasteiger partial charge in [-0.05, 0) is 44.6 Å². The minimum Gasteiger partial charge on any atom is -0.394 e. The SMILES string of the molecule is CCC(CO)(CO)NCC1CC(C)=CC(C)C1. The number of allylic oxidation sites excluding steroid dienone is 2. The molecule has 1 aliphatic rings. The van der Waals surface area contributed by atoms with Crippen molar-refractivity contribution in [3.8, 4) is 0 Å². The van der Waals surface area contributed by atoms with Gasteiger partial charge in [0.1, 0.15) is 0 Å². The van der Waals surface area contributed by atoms with Gasteiger partial charge in [-0.1, -0.05) is 25.5 Å². The molecule has 1 aliphatic carbocycles. The summed E-state index contributed by atoms with van der Waals surface area (Å²) >= 11 is 0. The van der Waals surface area contributed by atoms with Gasteiger partial charge in [-0.3, -0.25) is 0 Å². The lowest BCUT2D eigenvalue weighted by Crippen LogP contribution is -2.52. The van der Waals surface area contributed by atoms with E-state index < -0.39 is 5.54 Å². The third-order valence-electron chi connectivity index (χ3n) is 3.93. The van der Waals surface area contributed by atoms with Crippen LogP contribution in [0.3, 0.4) is 0 Å². The van der Waals surface area contributed by atoms with Crippen LogP contribution in [0.1, 0.15) is 40.0 Å². The van der Waals surface area contributed by atoms with Crippen LogP contribution in [0.15, 0.2) is 11.6 Å². The van der Waals surface area contributed by atoms with Gasteiger partial charge in [-0.15, -0.1) is 0 Å². The maximum Gasteiger partial charge on any atom is 0.0645 e. The highest BCUT2D eigenvalue weighted by atomic mass is 16.3. The molecule has 0 aromatic carbocycles. The van der Waals surface area contributed by atoms with Gasteiger partial charge in [0, 0.05) is 0 Å². The summed E-state index contributed by atoms with van der Waals surface area (Å²) in [5.41, 5.74) is 0.962. The van der Waals surface area contributed by atoms with E-state index in [9.17, 15) is 10.2 Å². The zero-order valence-corrected chi connectivity index (χ0v) is 11.4. The van der Waals surface area contributed by atoms with E-state index in [1.165, 1.54) is 12.0 Å². The second kappa shape index (κ2) is 6.53. The Morgan fingerprint density at radius 2 is 2.06 bits per heavy atom. The Balaban J connectivity index is 2.48. The quantitative estimate of drug-likeness (QED) is 0.620. The monoisotopic (exact) mass is 241 g/mol. The third kappa shape index (κ3) is 4.09. The lowest BCUT2D eigenvalue weighted by atomic mass is 9.83. The van der Waals surface area contributed by atoms with Crippen molar-refractivity contribution in [3.05, 3.63) is 11.6 Å². The van der Waals surface area contributed by atoms with E-state index in [0.29, 0.717) is 11.8 Å². The molecule has 3 N–H and O–H groups in total. The molecular weight excluding hydrogens is 214 g/mol. The summed E-state index contributed by atoms with van der Waals surface area (Å²) in [6, 6.07) is 0.